The first-order valence-corrected chi connectivity index (χ1v) is 12.2. The second-order valence-corrected chi connectivity index (χ2v) is 9.04. The highest BCUT2D eigenvalue weighted by Crippen LogP contribution is 2.28. The lowest BCUT2D eigenvalue weighted by Gasteiger charge is -2.14. The second-order valence-electron chi connectivity index (χ2n) is 8.09. The summed E-state index contributed by atoms with van der Waals surface area (Å²) in [6.07, 6.45) is 2.67. The molecule has 0 unspecified atom stereocenters. The first kappa shape index (κ1) is 23.6. The summed E-state index contributed by atoms with van der Waals surface area (Å²) in [4.78, 5) is 34.0. The Kier molecular flexibility index (Phi) is 7.37. The second kappa shape index (κ2) is 10.6. The van der Waals surface area contributed by atoms with Crippen molar-refractivity contribution >= 4 is 28.7 Å². The van der Waals surface area contributed by atoms with Crippen LogP contribution in [0.5, 0.6) is 5.75 Å². The molecule has 0 saturated heterocycles. The molecule has 2 heterocycles. The molecule has 1 atom stereocenters. The average molecular weight is 477 g/mol. The van der Waals surface area contributed by atoms with Crippen LogP contribution in [-0.2, 0) is 11.3 Å². The lowest BCUT2D eigenvalue weighted by atomic mass is 10.1. The Morgan fingerprint density at radius 3 is 2.74 bits per heavy atom. The van der Waals surface area contributed by atoms with Gasteiger partial charge in [0, 0.05) is 17.8 Å². The van der Waals surface area contributed by atoms with E-state index < -0.39 is 0 Å². The van der Waals surface area contributed by atoms with Crippen LogP contribution in [0.3, 0.4) is 0 Å². The van der Waals surface area contributed by atoms with E-state index in [1.165, 1.54) is 11.8 Å². The molecule has 2 aromatic heterocycles. The van der Waals surface area contributed by atoms with E-state index in [2.05, 4.69) is 10.3 Å². The van der Waals surface area contributed by atoms with E-state index in [1.54, 1.807) is 11.7 Å². The Morgan fingerprint density at radius 1 is 1.21 bits per heavy atom. The third-order valence-corrected chi connectivity index (χ3v) is 6.64. The Morgan fingerprint density at radius 2 is 2.00 bits per heavy atom. The van der Waals surface area contributed by atoms with Crippen molar-refractivity contribution in [2.75, 3.05) is 12.9 Å². The van der Waals surface area contributed by atoms with Gasteiger partial charge in [-0.1, -0.05) is 61.2 Å². The van der Waals surface area contributed by atoms with Gasteiger partial charge in [-0.3, -0.25) is 14.2 Å². The Hall–Kier alpha value is -3.52. The number of rotatable bonds is 9. The van der Waals surface area contributed by atoms with Gasteiger partial charge in [-0.05, 0) is 36.6 Å². The number of carbonyl (C=O) groups is 1. The number of H-pyrrole nitrogens is 1. The minimum Gasteiger partial charge on any atom is -0.497 e. The van der Waals surface area contributed by atoms with Gasteiger partial charge in [0.05, 0.1) is 19.4 Å². The topological polar surface area (TPSA) is 89.0 Å². The first-order valence-electron chi connectivity index (χ1n) is 11.2. The molecule has 0 aliphatic rings. The maximum atomic E-state index is 13.6. The van der Waals surface area contributed by atoms with Crippen molar-refractivity contribution in [2.45, 2.75) is 38.0 Å². The van der Waals surface area contributed by atoms with Crippen LogP contribution in [0.4, 0.5) is 0 Å². The number of ether oxygens (including phenoxy) is 1. The molecule has 0 aliphatic heterocycles. The average Bonchev–Trinajstić information content (AvgIpc) is 3.29. The normalized spacial score (nSPS) is 12.0. The molecule has 4 aromatic rings. The fourth-order valence-corrected chi connectivity index (χ4v) is 4.46. The third kappa shape index (κ3) is 5.17. The van der Waals surface area contributed by atoms with Gasteiger partial charge >= 0.3 is 0 Å². The van der Waals surface area contributed by atoms with Crippen LogP contribution in [0, 0.1) is 0 Å². The molecule has 2 aromatic carbocycles. The molecule has 176 valence electrons. The van der Waals surface area contributed by atoms with Crippen molar-refractivity contribution in [1.29, 1.82) is 0 Å². The van der Waals surface area contributed by atoms with Crippen molar-refractivity contribution in [3.63, 3.8) is 0 Å². The fraction of sp³-hybridized carbons (Fsp3) is 0.269. The van der Waals surface area contributed by atoms with Crippen LogP contribution >= 0.6 is 11.8 Å². The highest BCUT2D eigenvalue weighted by atomic mass is 32.2. The third-order valence-electron chi connectivity index (χ3n) is 5.66. The lowest BCUT2D eigenvalue weighted by molar-refractivity contribution is -0.119. The molecule has 0 spiro atoms. The van der Waals surface area contributed by atoms with Crippen molar-refractivity contribution in [2.24, 2.45) is 0 Å². The molecule has 0 bridgehead atoms. The predicted molar refractivity (Wildman–Crippen MR) is 137 cm³/mol. The van der Waals surface area contributed by atoms with Gasteiger partial charge in [0.2, 0.25) is 5.91 Å². The number of thioether (sulfide) groups is 1. The number of aromatic amines is 1. The largest absolute Gasteiger partial charge is 0.497 e. The quantitative estimate of drug-likeness (QED) is 0.275. The number of methoxy groups -OCH3 is 1. The van der Waals surface area contributed by atoms with Gasteiger partial charge in [-0.15, -0.1) is 0 Å². The molecular weight excluding hydrogens is 448 g/mol. The smallest absolute Gasteiger partial charge is 0.278 e. The highest BCUT2D eigenvalue weighted by molar-refractivity contribution is 7.99. The van der Waals surface area contributed by atoms with E-state index in [0.717, 1.165) is 23.1 Å². The van der Waals surface area contributed by atoms with Crippen LogP contribution in [0.15, 0.2) is 70.7 Å². The first-order chi connectivity index (χ1) is 16.5. The summed E-state index contributed by atoms with van der Waals surface area (Å²) in [7, 11) is 1.61. The van der Waals surface area contributed by atoms with Crippen molar-refractivity contribution < 1.29 is 9.53 Å². The van der Waals surface area contributed by atoms with Crippen molar-refractivity contribution in [1.82, 2.24) is 19.9 Å². The summed E-state index contributed by atoms with van der Waals surface area (Å²) in [6, 6.07) is 17.5. The van der Waals surface area contributed by atoms with Gasteiger partial charge in [0.25, 0.3) is 5.56 Å². The van der Waals surface area contributed by atoms with E-state index in [0.29, 0.717) is 28.5 Å². The molecule has 7 nitrogen and oxygen atoms in total. The Labute approximate surface area is 202 Å². The number of fused-ring (bicyclic) bond motifs is 1. The molecule has 34 heavy (non-hydrogen) atoms. The Balaban J connectivity index is 1.76. The number of carbonyl (C=O) groups excluding carboxylic acids is 1. The summed E-state index contributed by atoms with van der Waals surface area (Å²) in [6.45, 7) is 4.31. The lowest BCUT2D eigenvalue weighted by Crippen LogP contribution is -2.33. The molecule has 8 heteroatoms. The number of aromatic nitrogens is 3. The SMILES string of the molecule is CC[C@@H](C)NC(=O)CSc1nc2c(-c3ccccc3)c[nH]c2c(=O)n1Cc1cccc(OC)c1. The van der Waals surface area contributed by atoms with Gasteiger partial charge in [-0.2, -0.15) is 0 Å². The zero-order chi connectivity index (χ0) is 24.1. The fourth-order valence-electron chi connectivity index (χ4n) is 3.66. The highest BCUT2D eigenvalue weighted by Gasteiger charge is 2.18. The Bertz CT molecular complexity index is 1350. The molecule has 0 radical (unpaired) electrons. The molecular formula is C26H28N4O3S. The van der Waals surface area contributed by atoms with Gasteiger partial charge in [0.15, 0.2) is 5.16 Å². The molecule has 0 saturated carbocycles. The maximum absolute atomic E-state index is 13.6. The number of benzene rings is 2. The van der Waals surface area contributed by atoms with E-state index in [9.17, 15) is 9.59 Å². The number of nitrogens with one attached hydrogen (secondary N) is 2. The van der Waals surface area contributed by atoms with Crippen LogP contribution in [0.1, 0.15) is 25.8 Å². The van der Waals surface area contributed by atoms with E-state index >= 15 is 0 Å². The van der Waals surface area contributed by atoms with Crippen LogP contribution in [-0.4, -0.2) is 39.3 Å². The molecule has 0 aliphatic carbocycles. The number of nitrogens with zero attached hydrogens (tertiary/aromatic N) is 2. The summed E-state index contributed by atoms with van der Waals surface area (Å²) in [5.74, 6) is 0.804. The van der Waals surface area contributed by atoms with Gasteiger partial charge < -0.3 is 15.0 Å². The summed E-state index contributed by atoms with van der Waals surface area (Å²) >= 11 is 1.27. The molecule has 1 amide bonds. The van der Waals surface area contributed by atoms with Crippen LogP contribution in [0.2, 0.25) is 0 Å². The molecule has 2 N–H and O–H groups in total. The molecule has 4 rings (SSSR count). The van der Waals surface area contributed by atoms with E-state index in [-0.39, 0.29) is 23.3 Å². The maximum Gasteiger partial charge on any atom is 0.278 e. The van der Waals surface area contributed by atoms with Crippen molar-refractivity contribution in [3.05, 3.63) is 76.7 Å². The minimum atomic E-state index is -0.181. The zero-order valence-electron chi connectivity index (χ0n) is 19.5. The summed E-state index contributed by atoms with van der Waals surface area (Å²) in [5.41, 5.74) is 3.59. The van der Waals surface area contributed by atoms with Gasteiger partial charge in [0.1, 0.15) is 16.8 Å². The van der Waals surface area contributed by atoms with Crippen LogP contribution < -0.4 is 15.6 Å². The monoisotopic (exact) mass is 476 g/mol. The standard InChI is InChI=1S/C26H28N4O3S/c1-4-17(2)28-22(31)16-34-26-29-23-21(19-10-6-5-7-11-19)14-27-24(23)25(32)30(26)15-18-9-8-12-20(13-18)33-3/h5-14,17,27H,4,15-16H2,1-3H3,(H,28,31)/t17-/m1/s1. The van der Waals surface area contributed by atoms with E-state index in [4.69, 9.17) is 9.72 Å². The van der Waals surface area contributed by atoms with Crippen molar-refractivity contribution in [3.8, 4) is 16.9 Å². The zero-order valence-corrected chi connectivity index (χ0v) is 20.3. The number of amides is 1. The minimum absolute atomic E-state index is 0.0843. The predicted octanol–water partition coefficient (Wildman–Crippen LogP) is 4.46. The number of hydrogen-bond donors (Lipinski definition) is 2. The summed E-state index contributed by atoms with van der Waals surface area (Å²) in [5, 5.41) is 3.47. The van der Waals surface area contributed by atoms with Gasteiger partial charge in [-0.25, -0.2) is 4.98 Å². The van der Waals surface area contributed by atoms with E-state index in [1.807, 2.05) is 74.6 Å². The molecule has 0 fully saturated rings. The van der Waals surface area contributed by atoms with Crippen LogP contribution in [0.25, 0.3) is 22.2 Å². The number of hydrogen-bond acceptors (Lipinski definition) is 5. The summed E-state index contributed by atoms with van der Waals surface area (Å²) < 4.78 is 6.95.